The van der Waals surface area contributed by atoms with Crippen LogP contribution in [0.1, 0.15) is 26.3 Å². The third-order valence-corrected chi connectivity index (χ3v) is 4.30. The zero-order chi connectivity index (χ0) is 19.2. The summed E-state index contributed by atoms with van der Waals surface area (Å²) in [5.41, 5.74) is 1.58. The topological polar surface area (TPSA) is 101 Å². The van der Waals surface area contributed by atoms with E-state index in [0.717, 1.165) is 5.56 Å². The summed E-state index contributed by atoms with van der Waals surface area (Å²) in [6.07, 6.45) is 5.30. The molecule has 3 rings (SSSR count). The molecule has 7 nitrogen and oxygen atoms in total. The number of aldehydes is 1. The molecule has 136 valence electrons. The number of aromatic nitrogens is 2. The highest BCUT2D eigenvalue weighted by Crippen LogP contribution is 2.32. The molecule has 0 atom stereocenters. The van der Waals surface area contributed by atoms with Crippen molar-refractivity contribution in [2.75, 3.05) is 5.32 Å². The second-order valence-electron chi connectivity index (χ2n) is 5.49. The van der Waals surface area contributed by atoms with Crippen molar-refractivity contribution >= 4 is 33.9 Å². The predicted octanol–water partition coefficient (Wildman–Crippen LogP) is 3.59. The molecule has 2 N–H and O–H groups in total. The van der Waals surface area contributed by atoms with Crippen LogP contribution in [0, 0.1) is 0 Å². The van der Waals surface area contributed by atoms with Crippen molar-refractivity contribution in [1.29, 1.82) is 0 Å². The standard InChI is InChI=1S/C19H14BrN3O4/c20-15-8-16(25)17(7-14(15)10-24)27-11-12-1-2-18(22-9-12)23-19(26)13-3-5-21-6-4-13/h1-10,25H,11H2,(H,22,23,26). The quantitative estimate of drug-likeness (QED) is 0.582. The molecule has 1 aromatic carbocycles. The Morgan fingerprint density at radius 2 is 2.00 bits per heavy atom. The minimum atomic E-state index is -0.282. The van der Waals surface area contributed by atoms with Crippen molar-refractivity contribution < 1.29 is 19.4 Å². The summed E-state index contributed by atoms with van der Waals surface area (Å²) >= 11 is 3.19. The summed E-state index contributed by atoms with van der Waals surface area (Å²) in [5, 5.41) is 12.6. The fourth-order valence-electron chi connectivity index (χ4n) is 2.20. The Morgan fingerprint density at radius 1 is 1.22 bits per heavy atom. The van der Waals surface area contributed by atoms with Gasteiger partial charge in [0, 0.05) is 39.8 Å². The van der Waals surface area contributed by atoms with Crippen LogP contribution in [0.2, 0.25) is 0 Å². The Morgan fingerprint density at radius 3 is 2.67 bits per heavy atom. The Bertz CT molecular complexity index is 963. The molecule has 0 aliphatic carbocycles. The number of aromatic hydroxyl groups is 1. The number of hydrogen-bond donors (Lipinski definition) is 2. The molecule has 0 aliphatic rings. The number of carbonyl (C=O) groups excluding carboxylic acids is 2. The van der Waals surface area contributed by atoms with E-state index in [-0.39, 0.29) is 24.0 Å². The predicted molar refractivity (Wildman–Crippen MR) is 102 cm³/mol. The number of halogens is 1. The maximum Gasteiger partial charge on any atom is 0.256 e. The van der Waals surface area contributed by atoms with Crippen LogP contribution in [0.4, 0.5) is 5.82 Å². The van der Waals surface area contributed by atoms with Gasteiger partial charge in [-0.05, 0) is 46.3 Å². The Labute approximate surface area is 163 Å². The molecule has 0 saturated heterocycles. The van der Waals surface area contributed by atoms with Gasteiger partial charge >= 0.3 is 0 Å². The van der Waals surface area contributed by atoms with Crippen molar-refractivity contribution in [3.8, 4) is 11.5 Å². The Hall–Kier alpha value is -3.26. The number of nitrogens with one attached hydrogen (secondary N) is 1. The van der Waals surface area contributed by atoms with Crippen LogP contribution in [0.15, 0.2) is 59.5 Å². The lowest BCUT2D eigenvalue weighted by molar-refractivity contribution is 0.102. The number of carbonyl (C=O) groups is 2. The van der Waals surface area contributed by atoms with Gasteiger partial charge in [-0.3, -0.25) is 14.6 Å². The number of amides is 1. The molecule has 0 spiro atoms. The van der Waals surface area contributed by atoms with E-state index in [9.17, 15) is 14.7 Å². The van der Waals surface area contributed by atoms with Crippen LogP contribution < -0.4 is 10.1 Å². The lowest BCUT2D eigenvalue weighted by Crippen LogP contribution is -2.13. The average molecular weight is 428 g/mol. The van der Waals surface area contributed by atoms with Crippen molar-refractivity contribution in [2.45, 2.75) is 6.61 Å². The minimum absolute atomic E-state index is 0.0818. The van der Waals surface area contributed by atoms with Gasteiger partial charge in [-0.1, -0.05) is 6.07 Å². The maximum absolute atomic E-state index is 12.1. The van der Waals surface area contributed by atoms with Gasteiger partial charge in [-0.15, -0.1) is 0 Å². The van der Waals surface area contributed by atoms with E-state index in [2.05, 4.69) is 31.2 Å². The first kappa shape index (κ1) is 18.5. The molecule has 8 heteroatoms. The molecule has 0 radical (unpaired) electrons. The number of hydrogen-bond acceptors (Lipinski definition) is 6. The molecule has 0 aliphatic heterocycles. The van der Waals surface area contributed by atoms with Gasteiger partial charge in [0.2, 0.25) is 0 Å². The highest BCUT2D eigenvalue weighted by atomic mass is 79.9. The van der Waals surface area contributed by atoms with E-state index in [4.69, 9.17) is 4.74 Å². The summed E-state index contributed by atoms with van der Waals surface area (Å²) in [5.74, 6) is 0.224. The van der Waals surface area contributed by atoms with E-state index >= 15 is 0 Å². The van der Waals surface area contributed by atoms with Gasteiger partial charge in [-0.25, -0.2) is 4.98 Å². The molecule has 2 heterocycles. The van der Waals surface area contributed by atoms with E-state index < -0.39 is 0 Å². The summed E-state index contributed by atoms with van der Waals surface area (Å²) in [7, 11) is 0. The first-order chi connectivity index (χ1) is 13.1. The molecule has 3 aromatic rings. The number of nitrogens with zero attached hydrogens (tertiary/aromatic N) is 2. The summed E-state index contributed by atoms with van der Waals surface area (Å²) in [6.45, 7) is 0.138. The normalized spacial score (nSPS) is 10.3. The number of anilines is 1. The third kappa shape index (κ3) is 4.68. The summed E-state index contributed by atoms with van der Waals surface area (Å²) in [4.78, 5) is 31.1. The summed E-state index contributed by atoms with van der Waals surface area (Å²) < 4.78 is 6.03. The number of benzene rings is 1. The van der Waals surface area contributed by atoms with Gasteiger partial charge in [0.25, 0.3) is 5.91 Å². The molecule has 0 bridgehead atoms. The fourth-order valence-corrected chi connectivity index (χ4v) is 2.63. The SMILES string of the molecule is O=Cc1cc(OCc2ccc(NC(=O)c3ccncc3)nc2)c(O)cc1Br. The molecular formula is C19H14BrN3O4. The highest BCUT2D eigenvalue weighted by Gasteiger charge is 2.10. The zero-order valence-corrected chi connectivity index (χ0v) is 15.5. The molecular weight excluding hydrogens is 414 g/mol. The zero-order valence-electron chi connectivity index (χ0n) is 13.9. The molecule has 0 unspecified atom stereocenters. The maximum atomic E-state index is 12.1. The summed E-state index contributed by atoms with van der Waals surface area (Å²) in [6, 6.07) is 9.45. The van der Waals surface area contributed by atoms with Gasteiger partial charge in [0.15, 0.2) is 17.8 Å². The van der Waals surface area contributed by atoms with E-state index in [0.29, 0.717) is 27.7 Å². The van der Waals surface area contributed by atoms with Crippen molar-refractivity contribution in [2.24, 2.45) is 0 Å². The number of phenols is 1. The van der Waals surface area contributed by atoms with Gasteiger partial charge < -0.3 is 15.2 Å². The first-order valence-electron chi connectivity index (χ1n) is 7.83. The Balaban J connectivity index is 1.63. The molecule has 1 amide bonds. The number of phenolic OH excluding ortho intramolecular Hbond substituents is 1. The second-order valence-corrected chi connectivity index (χ2v) is 6.34. The molecule has 27 heavy (non-hydrogen) atoms. The monoisotopic (exact) mass is 427 g/mol. The number of pyridine rings is 2. The van der Waals surface area contributed by atoms with Gasteiger partial charge in [0.05, 0.1) is 0 Å². The van der Waals surface area contributed by atoms with Crippen LogP contribution in [0.5, 0.6) is 11.5 Å². The van der Waals surface area contributed by atoms with Crippen LogP contribution >= 0.6 is 15.9 Å². The van der Waals surface area contributed by atoms with Crippen molar-refractivity contribution in [1.82, 2.24) is 9.97 Å². The van der Waals surface area contributed by atoms with Gasteiger partial charge in [0.1, 0.15) is 12.4 Å². The van der Waals surface area contributed by atoms with Crippen LogP contribution in [-0.4, -0.2) is 27.3 Å². The fraction of sp³-hybridized carbons (Fsp3) is 0.0526. The average Bonchev–Trinajstić information content (AvgIpc) is 2.69. The minimum Gasteiger partial charge on any atom is -0.504 e. The first-order valence-corrected chi connectivity index (χ1v) is 8.63. The van der Waals surface area contributed by atoms with Crippen molar-refractivity contribution in [3.63, 3.8) is 0 Å². The highest BCUT2D eigenvalue weighted by molar-refractivity contribution is 9.10. The third-order valence-electron chi connectivity index (χ3n) is 3.61. The molecule has 2 aromatic heterocycles. The molecule has 0 saturated carbocycles. The van der Waals surface area contributed by atoms with E-state index in [1.54, 1.807) is 30.5 Å². The number of rotatable bonds is 6. The van der Waals surface area contributed by atoms with Crippen LogP contribution in [-0.2, 0) is 6.61 Å². The largest absolute Gasteiger partial charge is 0.504 e. The molecule has 0 fully saturated rings. The van der Waals surface area contributed by atoms with Gasteiger partial charge in [-0.2, -0.15) is 0 Å². The van der Waals surface area contributed by atoms with E-state index in [1.807, 2.05) is 0 Å². The Kier molecular flexibility index (Phi) is 5.77. The van der Waals surface area contributed by atoms with Crippen LogP contribution in [0.25, 0.3) is 0 Å². The lowest BCUT2D eigenvalue weighted by Gasteiger charge is -2.10. The smallest absolute Gasteiger partial charge is 0.256 e. The van der Waals surface area contributed by atoms with Crippen LogP contribution in [0.3, 0.4) is 0 Å². The van der Waals surface area contributed by atoms with Crippen molar-refractivity contribution in [3.05, 3.63) is 76.2 Å². The lowest BCUT2D eigenvalue weighted by atomic mass is 10.2. The second kappa shape index (κ2) is 8.41. The number of ether oxygens (including phenoxy) is 1. The van der Waals surface area contributed by atoms with E-state index in [1.165, 1.54) is 24.5 Å².